The van der Waals surface area contributed by atoms with Gasteiger partial charge in [0.25, 0.3) is 0 Å². The van der Waals surface area contributed by atoms with E-state index in [0.717, 1.165) is 19.5 Å². The highest BCUT2D eigenvalue weighted by atomic mass is 15.3. The number of guanidine groups is 1. The second-order valence-corrected chi connectivity index (χ2v) is 3.15. The van der Waals surface area contributed by atoms with E-state index in [2.05, 4.69) is 36.5 Å². The molecular weight excluding hydrogens is 152 g/mol. The van der Waals surface area contributed by atoms with Gasteiger partial charge in [-0.05, 0) is 12.3 Å². The van der Waals surface area contributed by atoms with Crippen LogP contribution in [0.2, 0.25) is 0 Å². The first-order valence-electron chi connectivity index (χ1n) is 4.45. The van der Waals surface area contributed by atoms with Crippen molar-refractivity contribution in [3.63, 3.8) is 0 Å². The van der Waals surface area contributed by atoms with Gasteiger partial charge in [-0.2, -0.15) is 0 Å². The summed E-state index contributed by atoms with van der Waals surface area (Å²) in [5.74, 6) is 6.51. The molecule has 4 nitrogen and oxygen atoms in total. The van der Waals surface area contributed by atoms with Crippen LogP contribution in [0.3, 0.4) is 0 Å². The molecule has 0 rings (SSSR count). The molecule has 0 heterocycles. The molecule has 4 N–H and O–H groups in total. The third-order valence-electron chi connectivity index (χ3n) is 1.29. The van der Waals surface area contributed by atoms with Crippen molar-refractivity contribution in [2.24, 2.45) is 16.8 Å². The van der Waals surface area contributed by atoms with E-state index in [9.17, 15) is 0 Å². The molecule has 0 unspecified atom stereocenters. The summed E-state index contributed by atoms with van der Waals surface area (Å²) in [4.78, 5) is 4.25. The van der Waals surface area contributed by atoms with Crippen LogP contribution in [0.5, 0.6) is 0 Å². The molecule has 0 saturated carbocycles. The molecule has 72 valence electrons. The Morgan fingerprint density at radius 1 is 1.50 bits per heavy atom. The summed E-state index contributed by atoms with van der Waals surface area (Å²) in [7, 11) is 0. The van der Waals surface area contributed by atoms with Crippen molar-refractivity contribution in [3.8, 4) is 0 Å². The summed E-state index contributed by atoms with van der Waals surface area (Å²) in [5, 5.41) is 3.09. The molecule has 0 fully saturated rings. The lowest BCUT2D eigenvalue weighted by Gasteiger charge is -2.08. The van der Waals surface area contributed by atoms with E-state index in [4.69, 9.17) is 5.84 Å². The number of aliphatic imine (C=N–C) groups is 1. The van der Waals surface area contributed by atoms with Crippen molar-refractivity contribution in [2.75, 3.05) is 13.1 Å². The van der Waals surface area contributed by atoms with Gasteiger partial charge in [0, 0.05) is 13.1 Å². The number of nitrogens with zero attached hydrogens (tertiary/aromatic N) is 1. The quantitative estimate of drug-likeness (QED) is 0.250. The highest BCUT2D eigenvalue weighted by molar-refractivity contribution is 5.79. The van der Waals surface area contributed by atoms with Gasteiger partial charge in [-0.25, -0.2) is 5.84 Å². The minimum atomic E-state index is 0.566. The van der Waals surface area contributed by atoms with Crippen LogP contribution in [0.25, 0.3) is 0 Å². The van der Waals surface area contributed by atoms with Gasteiger partial charge in [-0.1, -0.05) is 20.8 Å². The van der Waals surface area contributed by atoms with E-state index in [-0.39, 0.29) is 0 Å². The zero-order valence-electron chi connectivity index (χ0n) is 8.22. The minimum absolute atomic E-state index is 0.566. The first-order chi connectivity index (χ1) is 5.70. The zero-order chi connectivity index (χ0) is 9.40. The SMILES string of the molecule is CCCNC(=NCC(C)C)NN. The maximum absolute atomic E-state index is 5.26. The van der Waals surface area contributed by atoms with E-state index >= 15 is 0 Å². The molecule has 0 saturated heterocycles. The number of rotatable bonds is 4. The first kappa shape index (κ1) is 11.2. The predicted molar refractivity (Wildman–Crippen MR) is 52.8 cm³/mol. The number of nitrogens with two attached hydrogens (primary N) is 1. The number of hydrogen-bond acceptors (Lipinski definition) is 2. The first-order valence-corrected chi connectivity index (χ1v) is 4.45. The van der Waals surface area contributed by atoms with Crippen molar-refractivity contribution in [3.05, 3.63) is 0 Å². The van der Waals surface area contributed by atoms with E-state index < -0.39 is 0 Å². The Labute approximate surface area is 74.6 Å². The maximum atomic E-state index is 5.26. The van der Waals surface area contributed by atoms with Crippen LogP contribution in [0.1, 0.15) is 27.2 Å². The maximum Gasteiger partial charge on any atom is 0.205 e. The normalized spacial score (nSPS) is 11.9. The Balaban J connectivity index is 3.70. The molecule has 0 aliphatic heterocycles. The smallest absolute Gasteiger partial charge is 0.205 e. The molecule has 0 radical (unpaired) electrons. The molecule has 4 heteroatoms. The average Bonchev–Trinajstić information content (AvgIpc) is 2.05. The number of hydrazine groups is 1. The monoisotopic (exact) mass is 172 g/mol. The Bertz CT molecular complexity index is 131. The molecule has 0 amide bonds. The van der Waals surface area contributed by atoms with Crippen LogP contribution < -0.4 is 16.6 Å². The van der Waals surface area contributed by atoms with Crippen molar-refractivity contribution < 1.29 is 0 Å². The van der Waals surface area contributed by atoms with E-state index in [1.54, 1.807) is 0 Å². The fourth-order valence-corrected chi connectivity index (χ4v) is 0.670. The Morgan fingerprint density at radius 2 is 2.17 bits per heavy atom. The predicted octanol–water partition coefficient (Wildman–Crippen LogP) is 0.461. The largest absolute Gasteiger partial charge is 0.355 e. The molecule has 0 aromatic rings. The lowest BCUT2D eigenvalue weighted by Crippen LogP contribution is -2.42. The lowest BCUT2D eigenvalue weighted by molar-refractivity contribution is 0.656. The topological polar surface area (TPSA) is 62.4 Å². The molecule has 0 aliphatic carbocycles. The average molecular weight is 172 g/mol. The van der Waals surface area contributed by atoms with Crippen molar-refractivity contribution in [2.45, 2.75) is 27.2 Å². The minimum Gasteiger partial charge on any atom is -0.355 e. The molecular formula is C8H20N4. The Kier molecular flexibility index (Phi) is 6.47. The van der Waals surface area contributed by atoms with Crippen LogP contribution in [-0.4, -0.2) is 19.0 Å². The third-order valence-corrected chi connectivity index (χ3v) is 1.29. The van der Waals surface area contributed by atoms with Crippen LogP contribution in [0, 0.1) is 5.92 Å². The second-order valence-electron chi connectivity index (χ2n) is 3.15. The van der Waals surface area contributed by atoms with E-state index in [0.29, 0.717) is 11.9 Å². The summed E-state index contributed by atoms with van der Waals surface area (Å²) in [6.45, 7) is 8.05. The van der Waals surface area contributed by atoms with Crippen LogP contribution in [-0.2, 0) is 0 Å². The van der Waals surface area contributed by atoms with E-state index in [1.165, 1.54) is 0 Å². The molecule has 0 aliphatic rings. The Morgan fingerprint density at radius 3 is 2.58 bits per heavy atom. The standard InChI is InChI=1S/C8H20N4/c1-4-5-10-8(12-9)11-6-7(2)3/h7H,4-6,9H2,1-3H3,(H2,10,11,12). The molecule has 0 bridgehead atoms. The Hall–Kier alpha value is -0.770. The highest BCUT2D eigenvalue weighted by Crippen LogP contribution is 1.90. The molecule has 0 atom stereocenters. The lowest BCUT2D eigenvalue weighted by atomic mass is 10.2. The zero-order valence-corrected chi connectivity index (χ0v) is 8.22. The van der Waals surface area contributed by atoms with Crippen molar-refractivity contribution in [1.29, 1.82) is 0 Å². The van der Waals surface area contributed by atoms with Gasteiger partial charge in [-0.3, -0.25) is 10.4 Å². The van der Waals surface area contributed by atoms with Crippen molar-refractivity contribution in [1.82, 2.24) is 10.7 Å². The summed E-state index contributed by atoms with van der Waals surface area (Å²) < 4.78 is 0. The summed E-state index contributed by atoms with van der Waals surface area (Å²) >= 11 is 0. The van der Waals surface area contributed by atoms with Gasteiger partial charge in [0.1, 0.15) is 0 Å². The second kappa shape index (κ2) is 6.91. The van der Waals surface area contributed by atoms with Crippen LogP contribution in [0.4, 0.5) is 0 Å². The molecule has 12 heavy (non-hydrogen) atoms. The van der Waals surface area contributed by atoms with Gasteiger partial charge in [0.15, 0.2) is 0 Å². The fourth-order valence-electron chi connectivity index (χ4n) is 0.670. The van der Waals surface area contributed by atoms with Crippen LogP contribution in [0.15, 0.2) is 4.99 Å². The van der Waals surface area contributed by atoms with Crippen molar-refractivity contribution >= 4 is 5.96 Å². The van der Waals surface area contributed by atoms with Gasteiger partial charge in [-0.15, -0.1) is 0 Å². The van der Waals surface area contributed by atoms with Crippen LogP contribution >= 0.6 is 0 Å². The van der Waals surface area contributed by atoms with Gasteiger partial charge in [0.05, 0.1) is 0 Å². The van der Waals surface area contributed by atoms with Gasteiger partial charge < -0.3 is 5.32 Å². The highest BCUT2D eigenvalue weighted by Gasteiger charge is 1.94. The van der Waals surface area contributed by atoms with Gasteiger partial charge in [0.2, 0.25) is 5.96 Å². The number of nitrogens with one attached hydrogen (secondary N) is 2. The number of hydrogen-bond donors (Lipinski definition) is 3. The third kappa shape index (κ3) is 5.97. The summed E-state index contributed by atoms with van der Waals surface area (Å²) in [6.07, 6.45) is 1.07. The molecule has 0 aromatic heterocycles. The molecule has 0 spiro atoms. The summed E-state index contributed by atoms with van der Waals surface area (Å²) in [6, 6.07) is 0. The molecule has 0 aromatic carbocycles. The van der Waals surface area contributed by atoms with Gasteiger partial charge >= 0.3 is 0 Å². The fraction of sp³-hybridized carbons (Fsp3) is 0.875. The summed E-state index contributed by atoms with van der Waals surface area (Å²) in [5.41, 5.74) is 2.53. The van der Waals surface area contributed by atoms with E-state index in [1.807, 2.05) is 0 Å².